The molecule has 0 saturated heterocycles. The monoisotopic (exact) mass is 364 g/mol. The summed E-state index contributed by atoms with van der Waals surface area (Å²) < 4.78 is 41.0. The van der Waals surface area contributed by atoms with Crippen molar-refractivity contribution in [3.05, 3.63) is 40.6 Å². The molecule has 0 saturated carbocycles. The molecule has 0 atom stereocenters. The summed E-state index contributed by atoms with van der Waals surface area (Å²) in [6.07, 6.45) is 1.48. The summed E-state index contributed by atoms with van der Waals surface area (Å²) in [6.45, 7) is 5.87. The Kier molecular flexibility index (Phi) is 6.32. The molecule has 4 nitrogen and oxygen atoms in total. The quantitative estimate of drug-likeness (QED) is 0.756. The Hall–Kier alpha value is -0.760. The molecule has 1 rings (SSSR count). The summed E-state index contributed by atoms with van der Waals surface area (Å²) in [6, 6.07) is 2.85. The van der Waals surface area contributed by atoms with Gasteiger partial charge in [-0.25, -0.2) is 12.8 Å². The van der Waals surface area contributed by atoms with E-state index < -0.39 is 15.8 Å². The average Bonchev–Trinajstić information content (AvgIpc) is 2.39. The Bertz CT molecular complexity index is 590. The lowest BCUT2D eigenvalue weighted by atomic mass is 10.2. The van der Waals surface area contributed by atoms with Crippen molar-refractivity contribution in [3.8, 4) is 0 Å². The molecule has 112 valence electrons. The van der Waals surface area contributed by atoms with Crippen molar-refractivity contribution in [2.24, 2.45) is 0 Å². The highest BCUT2D eigenvalue weighted by Gasteiger charge is 2.27. The molecule has 0 radical (unpaired) electrons. The number of hydrogen-bond acceptors (Lipinski definition) is 3. The summed E-state index contributed by atoms with van der Waals surface area (Å²) >= 11 is 3.22. The Balaban J connectivity index is 3.40. The Morgan fingerprint density at radius 3 is 2.65 bits per heavy atom. The second-order valence-corrected chi connectivity index (χ2v) is 6.97. The van der Waals surface area contributed by atoms with Gasteiger partial charge in [-0.15, -0.1) is 6.58 Å². The lowest BCUT2D eigenvalue weighted by Gasteiger charge is -2.20. The fourth-order valence-corrected chi connectivity index (χ4v) is 4.02. The second-order valence-electron chi connectivity index (χ2n) is 4.15. The molecule has 7 heteroatoms. The molecule has 0 bridgehead atoms. The Morgan fingerprint density at radius 1 is 1.50 bits per heavy atom. The van der Waals surface area contributed by atoms with Crippen LogP contribution in [0.25, 0.3) is 0 Å². The maximum absolute atomic E-state index is 14.4. The number of likely N-dealkylation sites (N-methyl/N-ethyl adjacent to an activating group) is 1. The van der Waals surface area contributed by atoms with E-state index >= 15 is 0 Å². The molecular weight excluding hydrogens is 347 g/mol. The first-order chi connectivity index (χ1) is 9.38. The third-order valence-corrected chi connectivity index (χ3v) is 5.15. The van der Waals surface area contributed by atoms with E-state index in [0.717, 1.165) is 0 Å². The highest BCUT2D eigenvalue weighted by molar-refractivity contribution is 9.10. The van der Waals surface area contributed by atoms with Crippen LogP contribution in [0.4, 0.5) is 4.39 Å². The van der Waals surface area contributed by atoms with Gasteiger partial charge in [0.25, 0.3) is 0 Å². The van der Waals surface area contributed by atoms with Crippen LogP contribution in [0.5, 0.6) is 0 Å². The largest absolute Gasteiger partial charge is 0.316 e. The van der Waals surface area contributed by atoms with Gasteiger partial charge >= 0.3 is 0 Å². The highest BCUT2D eigenvalue weighted by atomic mass is 79.9. The van der Waals surface area contributed by atoms with Gasteiger partial charge in [-0.1, -0.05) is 28.9 Å². The van der Waals surface area contributed by atoms with Crippen molar-refractivity contribution in [2.45, 2.75) is 18.4 Å². The third-order valence-electron chi connectivity index (χ3n) is 2.75. The van der Waals surface area contributed by atoms with Crippen molar-refractivity contribution in [1.82, 2.24) is 9.62 Å². The zero-order valence-corrected chi connectivity index (χ0v) is 13.9. The molecule has 1 aromatic rings. The van der Waals surface area contributed by atoms with E-state index in [-0.39, 0.29) is 24.5 Å². The normalized spacial score (nSPS) is 11.8. The van der Waals surface area contributed by atoms with E-state index in [0.29, 0.717) is 10.0 Å². The Morgan fingerprint density at radius 2 is 2.15 bits per heavy atom. The molecule has 0 aliphatic carbocycles. The minimum atomic E-state index is -3.88. The van der Waals surface area contributed by atoms with Gasteiger partial charge in [-0.3, -0.25) is 0 Å². The number of benzene rings is 1. The second kappa shape index (κ2) is 7.31. The molecule has 1 N–H and O–H groups in total. The summed E-state index contributed by atoms with van der Waals surface area (Å²) in [5, 5.41) is 2.81. The van der Waals surface area contributed by atoms with Gasteiger partial charge in [0.15, 0.2) is 0 Å². The molecule has 0 unspecified atom stereocenters. The van der Waals surface area contributed by atoms with E-state index in [1.807, 2.05) is 0 Å². The SMILES string of the molecule is C=CCN(CC)S(=O)(=O)c1cc(Br)cc(CNC)c1F. The van der Waals surface area contributed by atoms with E-state index in [2.05, 4.69) is 27.8 Å². The summed E-state index contributed by atoms with van der Waals surface area (Å²) in [5.41, 5.74) is 0.301. The van der Waals surface area contributed by atoms with E-state index in [1.165, 1.54) is 16.4 Å². The molecule has 0 spiro atoms. The summed E-state index contributed by atoms with van der Waals surface area (Å²) in [7, 11) is -2.21. The van der Waals surface area contributed by atoms with Crippen LogP contribution in [0.1, 0.15) is 12.5 Å². The van der Waals surface area contributed by atoms with Crippen molar-refractivity contribution < 1.29 is 12.8 Å². The smallest absolute Gasteiger partial charge is 0.246 e. The molecule has 0 aliphatic heterocycles. The highest BCUT2D eigenvalue weighted by Crippen LogP contribution is 2.26. The fraction of sp³-hybridized carbons (Fsp3) is 0.385. The lowest BCUT2D eigenvalue weighted by molar-refractivity contribution is 0.452. The minimum absolute atomic E-state index is 0.145. The van der Waals surface area contributed by atoms with Gasteiger partial charge in [0, 0.05) is 29.7 Å². The summed E-state index contributed by atoms with van der Waals surface area (Å²) in [4.78, 5) is -0.319. The molecule has 1 aromatic carbocycles. The van der Waals surface area contributed by atoms with Crippen LogP contribution >= 0.6 is 15.9 Å². The third kappa shape index (κ3) is 3.66. The number of hydrogen-bond donors (Lipinski definition) is 1. The van der Waals surface area contributed by atoms with Gasteiger partial charge in [0.05, 0.1) is 0 Å². The van der Waals surface area contributed by atoms with E-state index in [4.69, 9.17) is 0 Å². The van der Waals surface area contributed by atoms with Crippen LogP contribution in [0.3, 0.4) is 0 Å². The van der Waals surface area contributed by atoms with Crippen LogP contribution < -0.4 is 5.32 Å². The maximum Gasteiger partial charge on any atom is 0.246 e. The Labute approximate surface area is 127 Å². The number of nitrogens with one attached hydrogen (secondary N) is 1. The van der Waals surface area contributed by atoms with Crippen LogP contribution in [-0.2, 0) is 16.6 Å². The van der Waals surface area contributed by atoms with Gasteiger partial charge in [-0.05, 0) is 19.2 Å². The van der Waals surface area contributed by atoms with Crippen molar-refractivity contribution in [1.29, 1.82) is 0 Å². The van der Waals surface area contributed by atoms with E-state index in [1.54, 1.807) is 20.0 Å². The predicted molar refractivity (Wildman–Crippen MR) is 81.5 cm³/mol. The zero-order valence-electron chi connectivity index (χ0n) is 11.5. The van der Waals surface area contributed by atoms with Crippen molar-refractivity contribution in [3.63, 3.8) is 0 Å². The topological polar surface area (TPSA) is 49.4 Å². The number of rotatable bonds is 7. The first-order valence-corrected chi connectivity index (χ1v) is 8.35. The van der Waals surface area contributed by atoms with Gasteiger partial charge < -0.3 is 5.32 Å². The van der Waals surface area contributed by atoms with Crippen LogP contribution in [-0.4, -0.2) is 32.9 Å². The predicted octanol–water partition coefficient (Wildman–Crippen LogP) is 2.50. The lowest BCUT2D eigenvalue weighted by Crippen LogP contribution is -2.32. The molecule has 0 amide bonds. The minimum Gasteiger partial charge on any atom is -0.316 e. The first kappa shape index (κ1) is 17.3. The molecule has 0 aromatic heterocycles. The van der Waals surface area contributed by atoms with Gasteiger partial charge in [0.1, 0.15) is 10.7 Å². The van der Waals surface area contributed by atoms with Gasteiger partial charge in [0.2, 0.25) is 10.0 Å². The maximum atomic E-state index is 14.4. The van der Waals surface area contributed by atoms with Crippen LogP contribution in [0.2, 0.25) is 0 Å². The van der Waals surface area contributed by atoms with Crippen LogP contribution in [0.15, 0.2) is 34.2 Å². The summed E-state index contributed by atoms with van der Waals surface area (Å²) in [5.74, 6) is -0.718. The molecule has 0 fully saturated rings. The number of sulfonamides is 1. The molecule has 20 heavy (non-hydrogen) atoms. The fourth-order valence-electron chi connectivity index (χ4n) is 1.81. The molecular formula is C13H18BrFN2O2S. The first-order valence-electron chi connectivity index (χ1n) is 6.12. The standard InChI is InChI=1S/C13H18BrFN2O2S/c1-4-6-17(5-2)20(18,19)12-8-11(14)7-10(9-16-3)13(12)15/h4,7-8,16H,1,5-6,9H2,2-3H3. The zero-order chi connectivity index (χ0) is 15.3. The number of halogens is 2. The van der Waals surface area contributed by atoms with Crippen molar-refractivity contribution in [2.75, 3.05) is 20.1 Å². The van der Waals surface area contributed by atoms with Gasteiger partial charge in [-0.2, -0.15) is 4.31 Å². The van der Waals surface area contributed by atoms with E-state index in [9.17, 15) is 12.8 Å². The molecule has 0 aliphatic rings. The van der Waals surface area contributed by atoms with Crippen molar-refractivity contribution >= 4 is 26.0 Å². The average molecular weight is 365 g/mol. The number of nitrogens with zero attached hydrogens (tertiary/aromatic N) is 1. The molecule has 0 heterocycles. The van der Waals surface area contributed by atoms with Crippen LogP contribution in [0, 0.1) is 5.82 Å².